The molecule has 0 aromatic heterocycles. The first kappa shape index (κ1) is 22.7. The third kappa shape index (κ3) is 6.49. The smallest absolute Gasteiger partial charge is 0.161 e. The molecule has 1 heterocycles. The number of halogens is 1. The SMILES string of the molecule is COc1cc(CNC2CCN(Cc3ccccc3)CC2)ccc1OCc1ccc(Cl)cc1. The van der Waals surface area contributed by atoms with Crippen molar-refractivity contribution in [3.05, 3.63) is 94.5 Å². The minimum Gasteiger partial charge on any atom is -0.493 e. The van der Waals surface area contributed by atoms with E-state index in [1.54, 1.807) is 7.11 Å². The number of hydrogen-bond donors (Lipinski definition) is 1. The van der Waals surface area contributed by atoms with Gasteiger partial charge in [0, 0.05) is 24.2 Å². The molecule has 0 aliphatic carbocycles. The highest BCUT2D eigenvalue weighted by Crippen LogP contribution is 2.29. The minimum absolute atomic E-state index is 0.479. The summed E-state index contributed by atoms with van der Waals surface area (Å²) in [6.45, 7) is 4.62. The van der Waals surface area contributed by atoms with E-state index >= 15 is 0 Å². The molecule has 1 aliphatic rings. The van der Waals surface area contributed by atoms with Crippen LogP contribution in [0.2, 0.25) is 5.02 Å². The number of ether oxygens (including phenoxy) is 2. The predicted molar refractivity (Wildman–Crippen MR) is 130 cm³/mol. The number of rotatable bonds is 9. The quantitative estimate of drug-likeness (QED) is 0.454. The summed E-state index contributed by atoms with van der Waals surface area (Å²) in [6, 6.07) is 25.1. The molecule has 4 nitrogen and oxygen atoms in total. The summed E-state index contributed by atoms with van der Waals surface area (Å²) in [5.41, 5.74) is 3.66. The Morgan fingerprint density at radius 1 is 0.875 bits per heavy atom. The van der Waals surface area contributed by atoms with E-state index in [1.807, 2.05) is 30.3 Å². The van der Waals surface area contributed by atoms with Gasteiger partial charge in [-0.05, 0) is 66.9 Å². The van der Waals surface area contributed by atoms with Gasteiger partial charge in [-0.3, -0.25) is 4.90 Å². The molecule has 1 saturated heterocycles. The molecule has 0 saturated carbocycles. The number of likely N-dealkylation sites (tertiary alicyclic amines) is 1. The molecule has 1 aliphatic heterocycles. The van der Waals surface area contributed by atoms with Crippen LogP contribution in [0.1, 0.15) is 29.5 Å². The van der Waals surface area contributed by atoms with Gasteiger partial charge in [0.05, 0.1) is 7.11 Å². The number of nitrogens with one attached hydrogen (secondary N) is 1. The Morgan fingerprint density at radius 2 is 1.59 bits per heavy atom. The van der Waals surface area contributed by atoms with Crippen molar-refractivity contribution < 1.29 is 9.47 Å². The number of hydrogen-bond acceptors (Lipinski definition) is 4. The van der Waals surface area contributed by atoms with Gasteiger partial charge >= 0.3 is 0 Å². The summed E-state index contributed by atoms with van der Waals surface area (Å²) in [4.78, 5) is 2.55. The molecule has 168 valence electrons. The van der Waals surface area contributed by atoms with Crippen molar-refractivity contribution in [2.24, 2.45) is 0 Å². The van der Waals surface area contributed by atoms with Gasteiger partial charge in [-0.15, -0.1) is 0 Å². The third-order valence-electron chi connectivity index (χ3n) is 5.97. The van der Waals surface area contributed by atoms with Crippen LogP contribution >= 0.6 is 11.6 Å². The summed E-state index contributed by atoms with van der Waals surface area (Å²) in [5, 5.41) is 4.45. The van der Waals surface area contributed by atoms with Crippen LogP contribution < -0.4 is 14.8 Å². The Morgan fingerprint density at radius 3 is 2.31 bits per heavy atom. The molecule has 4 rings (SSSR count). The Balaban J connectivity index is 1.24. The van der Waals surface area contributed by atoms with E-state index in [2.05, 4.69) is 52.7 Å². The standard InChI is InChI=1S/C27H31ClN2O2/c1-31-27-17-23(9-12-26(27)32-20-22-7-10-24(28)11-8-22)18-29-25-13-15-30(16-14-25)19-21-5-3-2-4-6-21/h2-12,17,25,29H,13-16,18-20H2,1H3. The zero-order chi connectivity index (χ0) is 22.2. The first-order valence-corrected chi connectivity index (χ1v) is 11.6. The van der Waals surface area contributed by atoms with E-state index in [4.69, 9.17) is 21.1 Å². The highest BCUT2D eigenvalue weighted by Gasteiger charge is 2.19. The fourth-order valence-electron chi connectivity index (χ4n) is 4.08. The predicted octanol–water partition coefficient (Wildman–Crippen LogP) is 5.68. The second-order valence-corrected chi connectivity index (χ2v) is 8.75. The highest BCUT2D eigenvalue weighted by atomic mass is 35.5. The fraction of sp³-hybridized carbons (Fsp3) is 0.333. The Kier molecular flexibility index (Phi) is 8.05. The summed E-state index contributed by atoms with van der Waals surface area (Å²) in [6.07, 6.45) is 2.35. The van der Waals surface area contributed by atoms with Crippen molar-refractivity contribution in [2.45, 2.75) is 38.6 Å². The lowest BCUT2D eigenvalue weighted by Gasteiger charge is -2.32. The van der Waals surface area contributed by atoms with Crippen LogP contribution in [-0.2, 0) is 19.7 Å². The summed E-state index contributed by atoms with van der Waals surface area (Å²) >= 11 is 5.95. The van der Waals surface area contributed by atoms with Crippen molar-refractivity contribution in [1.82, 2.24) is 10.2 Å². The summed E-state index contributed by atoms with van der Waals surface area (Å²) in [5.74, 6) is 1.51. The van der Waals surface area contributed by atoms with Gasteiger partial charge in [-0.25, -0.2) is 0 Å². The maximum absolute atomic E-state index is 5.97. The average Bonchev–Trinajstić information content (AvgIpc) is 2.84. The molecular weight excluding hydrogens is 420 g/mol. The Bertz CT molecular complexity index is 971. The van der Waals surface area contributed by atoms with Gasteiger partial charge in [-0.2, -0.15) is 0 Å². The minimum atomic E-state index is 0.479. The van der Waals surface area contributed by atoms with Crippen LogP contribution in [0.4, 0.5) is 0 Å². The summed E-state index contributed by atoms with van der Waals surface area (Å²) in [7, 11) is 1.68. The van der Waals surface area contributed by atoms with Gasteiger partial charge in [0.15, 0.2) is 11.5 Å². The number of piperidine rings is 1. The zero-order valence-electron chi connectivity index (χ0n) is 18.6. The van der Waals surface area contributed by atoms with Crippen LogP contribution in [0.5, 0.6) is 11.5 Å². The van der Waals surface area contributed by atoms with Crippen LogP contribution in [0.3, 0.4) is 0 Å². The van der Waals surface area contributed by atoms with E-state index in [9.17, 15) is 0 Å². The first-order valence-electron chi connectivity index (χ1n) is 11.2. The molecule has 0 bridgehead atoms. The third-order valence-corrected chi connectivity index (χ3v) is 6.22. The molecule has 0 radical (unpaired) electrons. The van der Waals surface area contributed by atoms with E-state index in [1.165, 1.54) is 24.0 Å². The van der Waals surface area contributed by atoms with Gasteiger partial charge in [0.1, 0.15) is 6.61 Å². The van der Waals surface area contributed by atoms with Crippen LogP contribution in [0.15, 0.2) is 72.8 Å². The van der Waals surface area contributed by atoms with Gasteiger partial charge in [0.2, 0.25) is 0 Å². The normalized spacial score (nSPS) is 14.9. The van der Waals surface area contributed by atoms with Crippen molar-refractivity contribution in [1.29, 1.82) is 0 Å². The van der Waals surface area contributed by atoms with E-state index in [0.29, 0.717) is 12.6 Å². The van der Waals surface area contributed by atoms with Gasteiger partial charge in [0.25, 0.3) is 0 Å². The topological polar surface area (TPSA) is 33.7 Å². The lowest BCUT2D eigenvalue weighted by atomic mass is 10.0. The number of nitrogens with zero attached hydrogens (tertiary/aromatic N) is 1. The van der Waals surface area contributed by atoms with Crippen molar-refractivity contribution in [2.75, 3.05) is 20.2 Å². The lowest BCUT2D eigenvalue weighted by Crippen LogP contribution is -2.41. The monoisotopic (exact) mass is 450 g/mol. The molecule has 3 aromatic rings. The van der Waals surface area contributed by atoms with E-state index in [-0.39, 0.29) is 0 Å². The molecule has 5 heteroatoms. The zero-order valence-corrected chi connectivity index (χ0v) is 19.4. The molecule has 32 heavy (non-hydrogen) atoms. The Labute approximate surface area is 196 Å². The maximum Gasteiger partial charge on any atom is 0.161 e. The van der Waals surface area contributed by atoms with E-state index in [0.717, 1.165) is 48.3 Å². The van der Waals surface area contributed by atoms with Crippen LogP contribution in [0, 0.1) is 0 Å². The molecule has 1 N–H and O–H groups in total. The van der Waals surface area contributed by atoms with Crippen molar-refractivity contribution in [3.8, 4) is 11.5 Å². The Hall–Kier alpha value is -2.53. The molecule has 0 atom stereocenters. The fourth-order valence-corrected chi connectivity index (χ4v) is 4.21. The number of benzene rings is 3. The van der Waals surface area contributed by atoms with Crippen LogP contribution in [-0.4, -0.2) is 31.1 Å². The van der Waals surface area contributed by atoms with Crippen LogP contribution in [0.25, 0.3) is 0 Å². The maximum atomic E-state index is 5.97. The lowest BCUT2D eigenvalue weighted by molar-refractivity contribution is 0.190. The average molecular weight is 451 g/mol. The van der Waals surface area contributed by atoms with Gasteiger partial charge in [-0.1, -0.05) is 60.1 Å². The second kappa shape index (κ2) is 11.4. The second-order valence-electron chi connectivity index (χ2n) is 8.32. The molecule has 3 aromatic carbocycles. The van der Waals surface area contributed by atoms with E-state index < -0.39 is 0 Å². The number of methoxy groups -OCH3 is 1. The first-order chi connectivity index (χ1) is 15.7. The largest absolute Gasteiger partial charge is 0.493 e. The highest BCUT2D eigenvalue weighted by molar-refractivity contribution is 6.30. The summed E-state index contributed by atoms with van der Waals surface area (Å²) < 4.78 is 11.5. The molecule has 0 spiro atoms. The molecule has 1 fully saturated rings. The van der Waals surface area contributed by atoms with Crippen molar-refractivity contribution >= 4 is 11.6 Å². The molecule has 0 amide bonds. The molecule has 0 unspecified atom stereocenters. The van der Waals surface area contributed by atoms with Crippen molar-refractivity contribution in [3.63, 3.8) is 0 Å². The van der Waals surface area contributed by atoms with Gasteiger partial charge < -0.3 is 14.8 Å². The molecular formula is C27H31ClN2O2.